The zero-order valence-electron chi connectivity index (χ0n) is 7.49. The van der Waals surface area contributed by atoms with Gasteiger partial charge in [0.2, 0.25) is 0 Å². The second-order valence-electron chi connectivity index (χ2n) is 3.00. The van der Waals surface area contributed by atoms with Crippen LogP contribution in [0.1, 0.15) is 13.8 Å². The summed E-state index contributed by atoms with van der Waals surface area (Å²) < 4.78 is 5.26. The molecule has 1 unspecified atom stereocenters. The molecule has 70 valence electrons. The summed E-state index contributed by atoms with van der Waals surface area (Å²) in [5, 5.41) is 8.94. The van der Waals surface area contributed by atoms with Crippen molar-refractivity contribution in [2.75, 3.05) is 19.7 Å². The van der Waals surface area contributed by atoms with Crippen molar-refractivity contribution < 1.29 is 14.6 Å². The van der Waals surface area contributed by atoms with E-state index < -0.39 is 6.10 Å². The Morgan fingerprint density at radius 1 is 1.75 bits per heavy atom. The Bertz CT molecular complexity index is 164. The van der Waals surface area contributed by atoms with Crippen LogP contribution in [0.5, 0.6) is 0 Å². The van der Waals surface area contributed by atoms with Crippen molar-refractivity contribution in [3.8, 4) is 0 Å². The van der Waals surface area contributed by atoms with Gasteiger partial charge in [-0.05, 0) is 13.8 Å². The lowest BCUT2D eigenvalue weighted by Crippen LogP contribution is -2.57. The maximum atomic E-state index is 11.1. The molecule has 1 N–H and O–H groups in total. The number of hydrogen-bond donors (Lipinski definition) is 1. The molecule has 1 aliphatic rings. The number of amides is 1. The molecule has 0 bridgehead atoms. The lowest BCUT2D eigenvalue weighted by Gasteiger charge is -2.39. The highest BCUT2D eigenvalue weighted by Gasteiger charge is 2.32. The predicted molar refractivity (Wildman–Crippen MR) is 43.7 cm³/mol. The molecule has 1 amide bonds. The number of hydrogen-bond acceptors (Lipinski definition) is 3. The summed E-state index contributed by atoms with van der Waals surface area (Å²) in [5.74, 6) is -0.203. The van der Waals surface area contributed by atoms with Crippen LogP contribution in [0.25, 0.3) is 0 Å². The third-order valence-corrected chi connectivity index (χ3v) is 1.92. The fourth-order valence-electron chi connectivity index (χ4n) is 1.22. The predicted octanol–water partition coefficient (Wildman–Crippen LogP) is -0.385. The van der Waals surface area contributed by atoms with Gasteiger partial charge in [0.25, 0.3) is 5.91 Å². The summed E-state index contributed by atoms with van der Waals surface area (Å²) in [6.45, 7) is 5.34. The van der Waals surface area contributed by atoms with E-state index in [2.05, 4.69) is 0 Å². The number of rotatable bonds is 3. The van der Waals surface area contributed by atoms with E-state index in [0.717, 1.165) is 0 Å². The molecule has 0 saturated carbocycles. The van der Waals surface area contributed by atoms with Crippen molar-refractivity contribution in [1.82, 2.24) is 4.90 Å². The van der Waals surface area contributed by atoms with Gasteiger partial charge >= 0.3 is 0 Å². The van der Waals surface area contributed by atoms with E-state index in [1.165, 1.54) is 6.92 Å². The van der Waals surface area contributed by atoms with Gasteiger partial charge in [-0.2, -0.15) is 0 Å². The second kappa shape index (κ2) is 3.87. The van der Waals surface area contributed by atoms with Gasteiger partial charge in [-0.15, -0.1) is 0 Å². The standard InChI is InChI=1S/C8H15NO3/c1-3-12-7-4-9(5-7)8(11)6(2)10/h6-7,10H,3-5H2,1-2H3. The van der Waals surface area contributed by atoms with Crippen LogP contribution in [-0.2, 0) is 9.53 Å². The number of aliphatic hydroxyl groups is 1. The summed E-state index contributed by atoms with van der Waals surface area (Å²) in [7, 11) is 0. The van der Waals surface area contributed by atoms with Crippen LogP contribution in [0, 0.1) is 0 Å². The molecule has 12 heavy (non-hydrogen) atoms. The molecule has 1 rings (SSSR count). The Hall–Kier alpha value is -0.610. The molecule has 0 spiro atoms. The van der Waals surface area contributed by atoms with E-state index >= 15 is 0 Å². The average Bonchev–Trinajstić information content (AvgIpc) is 1.94. The summed E-state index contributed by atoms with van der Waals surface area (Å²) >= 11 is 0. The van der Waals surface area contributed by atoms with Crippen molar-refractivity contribution >= 4 is 5.91 Å². The number of carbonyl (C=O) groups excluding carboxylic acids is 1. The van der Waals surface area contributed by atoms with E-state index in [9.17, 15) is 4.79 Å². The fourth-order valence-corrected chi connectivity index (χ4v) is 1.22. The van der Waals surface area contributed by atoms with E-state index in [-0.39, 0.29) is 12.0 Å². The molecule has 0 aromatic rings. The zero-order chi connectivity index (χ0) is 9.14. The topological polar surface area (TPSA) is 49.8 Å². The minimum Gasteiger partial charge on any atom is -0.384 e. The van der Waals surface area contributed by atoms with Gasteiger partial charge in [0.15, 0.2) is 0 Å². The summed E-state index contributed by atoms with van der Waals surface area (Å²) in [6, 6.07) is 0. The van der Waals surface area contributed by atoms with Gasteiger partial charge in [0, 0.05) is 19.7 Å². The van der Waals surface area contributed by atoms with Gasteiger partial charge < -0.3 is 14.7 Å². The van der Waals surface area contributed by atoms with Gasteiger partial charge in [0.05, 0.1) is 6.10 Å². The first-order chi connectivity index (χ1) is 5.65. The molecule has 1 atom stereocenters. The average molecular weight is 173 g/mol. The molecular weight excluding hydrogens is 158 g/mol. The Labute approximate surface area is 72.1 Å². The fraction of sp³-hybridized carbons (Fsp3) is 0.875. The van der Waals surface area contributed by atoms with Crippen LogP contribution in [0.3, 0.4) is 0 Å². The van der Waals surface area contributed by atoms with Gasteiger partial charge in [-0.25, -0.2) is 0 Å². The second-order valence-corrected chi connectivity index (χ2v) is 3.00. The maximum Gasteiger partial charge on any atom is 0.251 e. The Morgan fingerprint density at radius 3 is 2.75 bits per heavy atom. The number of ether oxygens (including phenoxy) is 1. The van der Waals surface area contributed by atoms with E-state index in [4.69, 9.17) is 9.84 Å². The number of likely N-dealkylation sites (tertiary alicyclic amines) is 1. The molecular formula is C8H15NO3. The van der Waals surface area contributed by atoms with Crippen LogP contribution in [0.2, 0.25) is 0 Å². The normalized spacial score (nSPS) is 20.4. The number of carbonyl (C=O) groups is 1. The first-order valence-electron chi connectivity index (χ1n) is 4.23. The van der Waals surface area contributed by atoms with E-state index in [0.29, 0.717) is 19.7 Å². The van der Waals surface area contributed by atoms with E-state index in [1.807, 2.05) is 6.92 Å². The van der Waals surface area contributed by atoms with Crippen LogP contribution in [0.4, 0.5) is 0 Å². The lowest BCUT2D eigenvalue weighted by molar-refractivity contribution is -0.152. The molecule has 0 aromatic heterocycles. The summed E-state index contributed by atoms with van der Waals surface area (Å²) in [4.78, 5) is 12.7. The zero-order valence-corrected chi connectivity index (χ0v) is 7.49. The Morgan fingerprint density at radius 2 is 2.33 bits per heavy atom. The van der Waals surface area contributed by atoms with Crippen LogP contribution >= 0.6 is 0 Å². The van der Waals surface area contributed by atoms with Gasteiger partial charge in [0.1, 0.15) is 6.10 Å². The third kappa shape index (κ3) is 1.95. The van der Waals surface area contributed by atoms with E-state index in [1.54, 1.807) is 4.90 Å². The first kappa shape index (κ1) is 9.48. The molecule has 1 heterocycles. The van der Waals surface area contributed by atoms with Crippen molar-refractivity contribution in [3.63, 3.8) is 0 Å². The molecule has 0 aromatic carbocycles. The SMILES string of the molecule is CCOC1CN(C(=O)C(C)O)C1. The van der Waals surface area contributed by atoms with Crippen LogP contribution in [-0.4, -0.2) is 47.8 Å². The molecule has 4 nitrogen and oxygen atoms in total. The molecule has 0 aliphatic carbocycles. The number of aliphatic hydroxyl groups excluding tert-OH is 1. The maximum absolute atomic E-state index is 11.1. The Balaban J connectivity index is 2.20. The number of nitrogens with zero attached hydrogens (tertiary/aromatic N) is 1. The highest BCUT2D eigenvalue weighted by atomic mass is 16.5. The highest BCUT2D eigenvalue weighted by molar-refractivity contribution is 5.81. The summed E-state index contributed by atoms with van der Waals surface area (Å²) in [6.07, 6.45) is -0.703. The highest BCUT2D eigenvalue weighted by Crippen LogP contribution is 2.12. The minimum atomic E-state index is -0.882. The quantitative estimate of drug-likeness (QED) is 0.632. The van der Waals surface area contributed by atoms with Crippen molar-refractivity contribution in [2.45, 2.75) is 26.1 Å². The monoisotopic (exact) mass is 173 g/mol. The van der Waals surface area contributed by atoms with Crippen molar-refractivity contribution in [1.29, 1.82) is 0 Å². The van der Waals surface area contributed by atoms with Crippen molar-refractivity contribution in [3.05, 3.63) is 0 Å². The minimum absolute atomic E-state index is 0.178. The molecule has 0 radical (unpaired) electrons. The van der Waals surface area contributed by atoms with Crippen molar-refractivity contribution in [2.24, 2.45) is 0 Å². The first-order valence-corrected chi connectivity index (χ1v) is 4.23. The Kier molecular flexibility index (Phi) is 3.05. The molecule has 4 heteroatoms. The lowest BCUT2D eigenvalue weighted by atomic mass is 10.1. The third-order valence-electron chi connectivity index (χ3n) is 1.92. The van der Waals surface area contributed by atoms with Crippen LogP contribution < -0.4 is 0 Å². The smallest absolute Gasteiger partial charge is 0.251 e. The summed E-state index contributed by atoms with van der Waals surface area (Å²) in [5.41, 5.74) is 0. The molecule has 1 aliphatic heterocycles. The van der Waals surface area contributed by atoms with Gasteiger partial charge in [-0.1, -0.05) is 0 Å². The molecule has 1 saturated heterocycles. The molecule has 1 fully saturated rings. The van der Waals surface area contributed by atoms with Crippen LogP contribution in [0.15, 0.2) is 0 Å². The van der Waals surface area contributed by atoms with Gasteiger partial charge in [-0.3, -0.25) is 4.79 Å². The largest absolute Gasteiger partial charge is 0.384 e.